The van der Waals surface area contributed by atoms with E-state index in [9.17, 15) is 9.59 Å². The molecule has 0 aromatic carbocycles. The number of carbonyl (C=O) groups excluding carboxylic acids is 2. The molecule has 0 radical (unpaired) electrons. The van der Waals surface area contributed by atoms with E-state index < -0.39 is 0 Å². The Morgan fingerprint density at radius 1 is 1.18 bits per heavy atom. The van der Waals surface area contributed by atoms with E-state index in [1.165, 1.54) is 6.42 Å². The molecular formula is C18H32Cl2N6O2. The van der Waals surface area contributed by atoms with Gasteiger partial charge in [-0.2, -0.15) is 5.10 Å². The van der Waals surface area contributed by atoms with Crippen LogP contribution in [0, 0.1) is 0 Å². The molecule has 2 aliphatic heterocycles. The lowest BCUT2D eigenvalue weighted by Gasteiger charge is -2.34. The summed E-state index contributed by atoms with van der Waals surface area (Å²) in [5.74, 6) is 0.656. The molecular weight excluding hydrogens is 403 g/mol. The second kappa shape index (κ2) is 11.6. The summed E-state index contributed by atoms with van der Waals surface area (Å²) >= 11 is 0. The third-order valence-electron chi connectivity index (χ3n) is 5.26. The largest absolute Gasteiger partial charge is 0.348 e. The summed E-state index contributed by atoms with van der Waals surface area (Å²) in [5, 5.41) is 8.01. The average Bonchev–Trinajstić information content (AvgIpc) is 3.11. The summed E-state index contributed by atoms with van der Waals surface area (Å²) in [7, 11) is 3.54. The third-order valence-corrected chi connectivity index (χ3v) is 5.26. The van der Waals surface area contributed by atoms with Crippen LogP contribution in [0.3, 0.4) is 0 Å². The molecule has 28 heavy (non-hydrogen) atoms. The van der Waals surface area contributed by atoms with Crippen LogP contribution in [0.25, 0.3) is 0 Å². The maximum atomic E-state index is 12.5. The minimum absolute atomic E-state index is 0. The van der Waals surface area contributed by atoms with Crippen LogP contribution in [0.15, 0.2) is 12.3 Å². The number of nitrogens with zero attached hydrogens (tertiary/aromatic N) is 5. The highest BCUT2D eigenvalue weighted by atomic mass is 35.5. The Labute approximate surface area is 179 Å². The highest BCUT2D eigenvalue weighted by Crippen LogP contribution is 2.21. The van der Waals surface area contributed by atoms with Gasteiger partial charge in [0.15, 0.2) is 0 Å². The van der Waals surface area contributed by atoms with Crippen molar-refractivity contribution in [3.05, 3.63) is 18.0 Å². The first kappa shape index (κ1) is 24.7. The van der Waals surface area contributed by atoms with E-state index in [4.69, 9.17) is 0 Å². The summed E-state index contributed by atoms with van der Waals surface area (Å²) < 4.78 is 1.76. The summed E-state index contributed by atoms with van der Waals surface area (Å²) in [6.07, 6.45) is 4.25. The lowest BCUT2D eigenvalue weighted by molar-refractivity contribution is -0.134. The van der Waals surface area contributed by atoms with Crippen molar-refractivity contribution in [1.82, 2.24) is 29.8 Å². The number of piperidine rings is 1. The normalized spacial score (nSPS) is 20.1. The molecule has 1 aromatic rings. The van der Waals surface area contributed by atoms with E-state index in [2.05, 4.69) is 15.3 Å². The topological polar surface area (TPSA) is 73.7 Å². The van der Waals surface area contributed by atoms with Gasteiger partial charge in [0.1, 0.15) is 6.54 Å². The number of carbonyl (C=O) groups is 2. The highest BCUT2D eigenvalue weighted by Gasteiger charge is 2.23. The number of nitrogens with one attached hydrogen (secondary N) is 1. The second-order valence-corrected chi connectivity index (χ2v) is 7.43. The standard InChI is InChI=1S/C18H30N6O2.2ClH/c1-21(2)17(25)13-22-8-10-23(11-9-22)18(26)14-24-7-5-16(20-24)15-4-3-6-19-12-15;;/h5,7,15,19H,3-4,6,8-14H2,1-2H3;2*1H. The fourth-order valence-electron chi connectivity index (χ4n) is 3.51. The fraction of sp³-hybridized carbons (Fsp3) is 0.722. The number of hydrogen-bond donors (Lipinski definition) is 1. The van der Waals surface area contributed by atoms with Gasteiger partial charge in [-0.1, -0.05) is 0 Å². The van der Waals surface area contributed by atoms with Crippen molar-refractivity contribution in [1.29, 1.82) is 0 Å². The van der Waals surface area contributed by atoms with Crippen LogP contribution in [-0.4, -0.2) is 96.2 Å². The van der Waals surface area contributed by atoms with E-state index in [1.807, 2.05) is 17.2 Å². The number of aromatic nitrogens is 2. The molecule has 1 unspecified atom stereocenters. The quantitative estimate of drug-likeness (QED) is 0.726. The molecule has 2 aliphatic rings. The smallest absolute Gasteiger partial charge is 0.244 e. The molecule has 1 N–H and O–H groups in total. The van der Waals surface area contributed by atoms with Crippen LogP contribution < -0.4 is 5.32 Å². The molecule has 1 atom stereocenters. The van der Waals surface area contributed by atoms with Crippen molar-refractivity contribution in [2.75, 3.05) is 59.9 Å². The van der Waals surface area contributed by atoms with Crippen molar-refractivity contribution in [3.8, 4) is 0 Å². The Hall–Kier alpha value is -1.35. The average molecular weight is 435 g/mol. The van der Waals surface area contributed by atoms with Crippen LogP contribution in [-0.2, 0) is 16.1 Å². The number of rotatable bonds is 5. The predicted octanol–water partition coefficient (Wildman–Crippen LogP) is 0.426. The van der Waals surface area contributed by atoms with Crippen LogP contribution in [0.5, 0.6) is 0 Å². The van der Waals surface area contributed by atoms with Crippen molar-refractivity contribution >= 4 is 36.6 Å². The van der Waals surface area contributed by atoms with E-state index in [0.717, 1.165) is 38.3 Å². The summed E-state index contributed by atoms with van der Waals surface area (Å²) in [4.78, 5) is 29.9. The molecule has 0 saturated carbocycles. The van der Waals surface area contributed by atoms with Crippen molar-refractivity contribution in [3.63, 3.8) is 0 Å². The third kappa shape index (κ3) is 6.62. The summed E-state index contributed by atoms with van der Waals surface area (Å²) in [5.41, 5.74) is 1.08. The van der Waals surface area contributed by atoms with Gasteiger partial charge in [-0.3, -0.25) is 19.2 Å². The first-order valence-corrected chi connectivity index (χ1v) is 9.47. The number of hydrogen-bond acceptors (Lipinski definition) is 5. The van der Waals surface area contributed by atoms with Crippen LogP contribution in [0.1, 0.15) is 24.5 Å². The lowest BCUT2D eigenvalue weighted by Crippen LogP contribution is -2.51. The summed E-state index contributed by atoms with van der Waals surface area (Å²) in [6.45, 7) is 5.58. The zero-order chi connectivity index (χ0) is 18.5. The number of piperazine rings is 1. The van der Waals surface area contributed by atoms with Gasteiger partial charge in [0, 0.05) is 58.9 Å². The van der Waals surface area contributed by atoms with Crippen molar-refractivity contribution in [2.24, 2.45) is 0 Å². The Morgan fingerprint density at radius 3 is 2.50 bits per heavy atom. The number of amides is 2. The van der Waals surface area contributed by atoms with E-state index in [-0.39, 0.29) is 43.2 Å². The van der Waals surface area contributed by atoms with Crippen LogP contribution in [0.4, 0.5) is 0 Å². The maximum Gasteiger partial charge on any atom is 0.244 e. The van der Waals surface area contributed by atoms with Gasteiger partial charge in [0.25, 0.3) is 0 Å². The van der Waals surface area contributed by atoms with Gasteiger partial charge in [-0.05, 0) is 25.5 Å². The molecule has 1 aromatic heterocycles. The van der Waals surface area contributed by atoms with Gasteiger partial charge >= 0.3 is 0 Å². The zero-order valence-corrected chi connectivity index (χ0v) is 18.3. The minimum atomic E-state index is 0. The van der Waals surface area contributed by atoms with Gasteiger partial charge in [0.05, 0.1) is 12.2 Å². The molecule has 2 saturated heterocycles. The van der Waals surface area contributed by atoms with Gasteiger partial charge < -0.3 is 15.1 Å². The maximum absolute atomic E-state index is 12.5. The fourth-order valence-corrected chi connectivity index (χ4v) is 3.51. The molecule has 10 heteroatoms. The Balaban J connectivity index is 0.00000196. The monoisotopic (exact) mass is 434 g/mol. The lowest BCUT2D eigenvalue weighted by atomic mass is 9.97. The summed E-state index contributed by atoms with van der Waals surface area (Å²) in [6, 6.07) is 2.04. The van der Waals surface area contributed by atoms with E-state index >= 15 is 0 Å². The van der Waals surface area contributed by atoms with Crippen LogP contribution in [0.2, 0.25) is 0 Å². The van der Waals surface area contributed by atoms with Crippen LogP contribution >= 0.6 is 24.8 Å². The first-order chi connectivity index (χ1) is 12.5. The second-order valence-electron chi connectivity index (χ2n) is 7.43. The highest BCUT2D eigenvalue weighted by molar-refractivity contribution is 5.85. The molecule has 0 spiro atoms. The Morgan fingerprint density at radius 2 is 1.89 bits per heavy atom. The molecule has 160 valence electrons. The minimum Gasteiger partial charge on any atom is -0.348 e. The van der Waals surface area contributed by atoms with Crippen molar-refractivity contribution in [2.45, 2.75) is 25.3 Å². The van der Waals surface area contributed by atoms with Gasteiger partial charge in [0.2, 0.25) is 11.8 Å². The molecule has 0 aliphatic carbocycles. The first-order valence-electron chi connectivity index (χ1n) is 9.47. The van der Waals surface area contributed by atoms with E-state index in [0.29, 0.717) is 25.6 Å². The zero-order valence-electron chi connectivity index (χ0n) is 16.7. The predicted molar refractivity (Wildman–Crippen MR) is 113 cm³/mol. The number of likely N-dealkylation sites (N-methyl/N-ethyl adjacent to an activating group) is 1. The molecule has 0 bridgehead atoms. The van der Waals surface area contributed by atoms with Gasteiger partial charge in [-0.25, -0.2) is 0 Å². The van der Waals surface area contributed by atoms with Gasteiger partial charge in [-0.15, -0.1) is 24.8 Å². The molecule has 2 amide bonds. The Kier molecular flexibility index (Phi) is 10.2. The van der Waals surface area contributed by atoms with E-state index in [1.54, 1.807) is 23.7 Å². The SMILES string of the molecule is CN(C)C(=O)CN1CCN(C(=O)Cn2ccc(C3CCCNC3)n2)CC1.Cl.Cl. The molecule has 3 rings (SSSR count). The molecule has 2 fully saturated rings. The molecule has 3 heterocycles. The molecule has 8 nitrogen and oxygen atoms in total. The Bertz CT molecular complexity index is 625. The van der Waals surface area contributed by atoms with Crippen molar-refractivity contribution < 1.29 is 9.59 Å². The number of halogens is 2.